The van der Waals surface area contributed by atoms with Crippen LogP contribution in [0.15, 0.2) is 28.7 Å². The lowest BCUT2D eigenvalue weighted by Crippen LogP contribution is -2.31. The minimum Gasteiger partial charge on any atom is -0.461 e. The number of para-hydroxylation sites is 1. The summed E-state index contributed by atoms with van der Waals surface area (Å²) in [5, 5.41) is 4.41. The number of nitrogens with zero attached hydrogens (tertiary/aromatic N) is 1. The molecule has 4 rings (SSSR count). The van der Waals surface area contributed by atoms with Crippen molar-refractivity contribution >= 4 is 29.3 Å². The molecule has 1 aromatic heterocycles. The Kier molecular flexibility index (Phi) is 3.68. The van der Waals surface area contributed by atoms with Gasteiger partial charge < -0.3 is 14.6 Å². The Morgan fingerprint density at radius 2 is 2.00 bits per heavy atom. The number of hydrogen-bond donors (Lipinski definition) is 1. The lowest BCUT2D eigenvalue weighted by Gasteiger charge is -2.17. The number of benzene rings is 1. The number of likely N-dealkylation sites (tertiary alicyclic amines) is 1. The van der Waals surface area contributed by atoms with Crippen LogP contribution in [0.5, 0.6) is 0 Å². The molecule has 5 heteroatoms. The highest BCUT2D eigenvalue weighted by Crippen LogP contribution is 2.29. The first-order chi connectivity index (χ1) is 9.72. The Hall–Kier alpha value is -1.52. The van der Waals surface area contributed by atoms with E-state index in [-0.39, 0.29) is 18.3 Å². The first-order valence-corrected chi connectivity index (χ1v) is 7.21. The number of fused-ring (bicyclic) bond motifs is 2. The van der Waals surface area contributed by atoms with Crippen molar-refractivity contribution in [3.8, 4) is 0 Å². The molecule has 2 aliphatic heterocycles. The molecule has 1 N–H and O–H groups in total. The van der Waals surface area contributed by atoms with Gasteiger partial charge in [0.2, 0.25) is 0 Å². The fraction of sp³-hybridized carbons (Fsp3) is 0.438. The molecule has 0 spiro atoms. The number of rotatable bonds is 1. The molecule has 3 heterocycles. The number of furan rings is 1. The zero-order chi connectivity index (χ0) is 13.7. The highest BCUT2D eigenvalue weighted by atomic mass is 35.5. The van der Waals surface area contributed by atoms with E-state index in [1.165, 1.54) is 0 Å². The molecule has 2 saturated heterocycles. The van der Waals surface area contributed by atoms with Gasteiger partial charge in [0.25, 0.3) is 5.91 Å². The van der Waals surface area contributed by atoms with Crippen LogP contribution >= 0.6 is 12.4 Å². The predicted octanol–water partition coefficient (Wildman–Crippen LogP) is 2.45. The second-order valence-corrected chi connectivity index (χ2v) is 5.97. The van der Waals surface area contributed by atoms with E-state index in [1.54, 1.807) is 0 Å². The van der Waals surface area contributed by atoms with Crippen LogP contribution in [0.25, 0.3) is 11.0 Å². The minimum atomic E-state index is 0. The van der Waals surface area contributed by atoms with E-state index in [2.05, 4.69) is 5.32 Å². The third kappa shape index (κ3) is 2.32. The monoisotopic (exact) mass is 306 g/mol. The van der Waals surface area contributed by atoms with Crippen LogP contribution in [-0.2, 0) is 0 Å². The summed E-state index contributed by atoms with van der Waals surface area (Å²) in [6.45, 7) is 5.73. The Morgan fingerprint density at radius 1 is 1.29 bits per heavy atom. The molecule has 2 aromatic rings. The fourth-order valence-corrected chi connectivity index (χ4v) is 3.55. The maximum atomic E-state index is 12.7. The summed E-state index contributed by atoms with van der Waals surface area (Å²) in [5.41, 5.74) is 1.42. The van der Waals surface area contributed by atoms with Crippen LogP contribution in [0.1, 0.15) is 16.1 Å². The molecule has 2 atom stereocenters. The standard InChI is InChI=1S/C16H18N2O2.ClH/c1-10-5-11-3-2-4-14(15(11)20-10)16(19)18-8-12-6-17-7-13(12)9-18;/h2-5,12-13,17H,6-9H2,1H3;1H/t12-,13+;. The average Bonchev–Trinajstić information content (AvgIpc) is 3.08. The molecular formula is C16H19ClN2O2. The van der Waals surface area contributed by atoms with Crippen LogP contribution in [0.3, 0.4) is 0 Å². The predicted molar refractivity (Wildman–Crippen MR) is 84.0 cm³/mol. The second kappa shape index (κ2) is 5.35. The highest BCUT2D eigenvalue weighted by Gasteiger charge is 2.38. The molecule has 112 valence electrons. The number of nitrogens with one attached hydrogen (secondary N) is 1. The summed E-state index contributed by atoms with van der Waals surface area (Å²) in [4.78, 5) is 14.7. The molecule has 21 heavy (non-hydrogen) atoms. The van der Waals surface area contributed by atoms with Gasteiger partial charge in [-0.1, -0.05) is 12.1 Å². The summed E-state index contributed by atoms with van der Waals surface area (Å²) in [7, 11) is 0. The first-order valence-electron chi connectivity index (χ1n) is 7.21. The lowest BCUT2D eigenvalue weighted by molar-refractivity contribution is 0.0782. The van der Waals surface area contributed by atoms with Crippen molar-refractivity contribution in [2.45, 2.75) is 6.92 Å². The molecule has 0 unspecified atom stereocenters. The molecule has 1 amide bonds. The summed E-state index contributed by atoms with van der Waals surface area (Å²) in [6.07, 6.45) is 0. The van der Waals surface area contributed by atoms with Crippen LogP contribution in [0.4, 0.5) is 0 Å². The normalized spacial score (nSPS) is 24.1. The zero-order valence-electron chi connectivity index (χ0n) is 12.0. The second-order valence-electron chi connectivity index (χ2n) is 5.97. The van der Waals surface area contributed by atoms with Gasteiger partial charge in [-0.05, 0) is 30.9 Å². The van der Waals surface area contributed by atoms with Crippen molar-refractivity contribution in [1.82, 2.24) is 10.2 Å². The van der Waals surface area contributed by atoms with Gasteiger partial charge in [0, 0.05) is 31.6 Å². The lowest BCUT2D eigenvalue weighted by atomic mass is 10.0. The fourth-order valence-electron chi connectivity index (χ4n) is 3.55. The third-order valence-electron chi connectivity index (χ3n) is 4.57. The van der Waals surface area contributed by atoms with E-state index in [0.29, 0.717) is 17.4 Å². The molecule has 0 radical (unpaired) electrons. The molecule has 1 aromatic carbocycles. The Bertz CT molecular complexity index is 670. The van der Waals surface area contributed by atoms with Gasteiger partial charge in [-0.25, -0.2) is 0 Å². The van der Waals surface area contributed by atoms with Gasteiger partial charge in [0.15, 0.2) is 0 Å². The van der Waals surface area contributed by atoms with Gasteiger partial charge >= 0.3 is 0 Å². The summed E-state index contributed by atoms with van der Waals surface area (Å²) in [5.74, 6) is 2.20. The zero-order valence-corrected chi connectivity index (χ0v) is 12.8. The molecule has 2 aliphatic rings. The smallest absolute Gasteiger partial charge is 0.257 e. The van der Waals surface area contributed by atoms with E-state index in [9.17, 15) is 4.79 Å². The van der Waals surface area contributed by atoms with Gasteiger partial charge in [0.1, 0.15) is 11.3 Å². The maximum absolute atomic E-state index is 12.7. The van der Waals surface area contributed by atoms with E-state index < -0.39 is 0 Å². The van der Waals surface area contributed by atoms with Crippen LogP contribution < -0.4 is 5.32 Å². The first kappa shape index (κ1) is 14.4. The summed E-state index contributed by atoms with van der Waals surface area (Å²) in [6, 6.07) is 7.78. The minimum absolute atomic E-state index is 0. The van der Waals surface area contributed by atoms with E-state index in [1.807, 2.05) is 36.1 Å². The van der Waals surface area contributed by atoms with E-state index >= 15 is 0 Å². The quantitative estimate of drug-likeness (QED) is 0.880. The maximum Gasteiger partial charge on any atom is 0.257 e. The number of aryl methyl sites for hydroxylation is 1. The van der Waals surface area contributed by atoms with Crippen molar-refractivity contribution in [3.63, 3.8) is 0 Å². The molecule has 2 fully saturated rings. The Balaban J connectivity index is 0.00000132. The van der Waals surface area contributed by atoms with Crippen molar-refractivity contribution < 1.29 is 9.21 Å². The number of halogens is 1. The van der Waals surface area contributed by atoms with Gasteiger partial charge in [-0.15, -0.1) is 12.4 Å². The molecule has 0 aliphatic carbocycles. The number of hydrogen-bond acceptors (Lipinski definition) is 3. The van der Waals surface area contributed by atoms with E-state index in [4.69, 9.17) is 4.42 Å². The number of carbonyl (C=O) groups excluding carboxylic acids is 1. The van der Waals surface area contributed by atoms with Crippen LogP contribution in [0, 0.1) is 18.8 Å². The van der Waals surface area contributed by atoms with Gasteiger partial charge in [0.05, 0.1) is 5.56 Å². The topological polar surface area (TPSA) is 45.5 Å². The van der Waals surface area contributed by atoms with Crippen molar-refractivity contribution in [2.75, 3.05) is 26.2 Å². The van der Waals surface area contributed by atoms with Gasteiger partial charge in [-0.3, -0.25) is 4.79 Å². The number of amides is 1. The average molecular weight is 307 g/mol. The highest BCUT2D eigenvalue weighted by molar-refractivity contribution is 6.05. The Labute approximate surface area is 129 Å². The summed E-state index contributed by atoms with van der Waals surface area (Å²) < 4.78 is 5.71. The molecular weight excluding hydrogens is 288 g/mol. The molecule has 0 saturated carbocycles. The van der Waals surface area contributed by atoms with Crippen LogP contribution in [0.2, 0.25) is 0 Å². The van der Waals surface area contributed by atoms with Crippen molar-refractivity contribution in [2.24, 2.45) is 11.8 Å². The largest absolute Gasteiger partial charge is 0.461 e. The number of carbonyl (C=O) groups is 1. The molecule has 0 bridgehead atoms. The van der Waals surface area contributed by atoms with Crippen LogP contribution in [-0.4, -0.2) is 37.0 Å². The van der Waals surface area contributed by atoms with Crippen molar-refractivity contribution in [1.29, 1.82) is 0 Å². The molecule has 4 nitrogen and oxygen atoms in total. The third-order valence-corrected chi connectivity index (χ3v) is 4.57. The van der Waals surface area contributed by atoms with E-state index in [0.717, 1.165) is 42.9 Å². The Morgan fingerprint density at radius 3 is 2.71 bits per heavy atom. The summed E-state index contributed by atoms with van der Waals surface area (Å²) >= 11 is 0. The van der Waals surface area contributed by atoms with Crippen molar-refractivity contribution in [3.05, 3.63) is 35.6 Å². The SMILES string of the molecule is Cc1cc2cccc(C(=O)N3C[C@H]4CNC[C@H]4C3)c2o1.Cl. The van der Waals surface area contributed by atoms with Gasteiger partial charge in [-0.2, -0.15) is 0 Å².